The Labute approximate surface area is 129 Å². The SMILES string of the molecule is CCCCOCC(O)OCCCCC(Br)(Br)Br. The fourth-order valence-corrected chi connectivity index (χ4v) is 1.97. The molecule has 0 heterocycles. The number of aliphatic hydroxyl groups excluding tert-OH is 1. The van der Waals surface area contributed by atoms with Crippen molar-refractivity contribution in [3.8, 4) is 0 Å². The van der Waals surface area contributed by atoms with Gasteiger partial charge in [-0.15, -0.1) is 0 Å². The minimum atomic E-state index is -0.798. The van der Waals surface area contributed by atoms with E-state index in [2.05, 4.69) is 54.7 Å². The summed E-state index contributed by atoms with van der Waals surface area (Å²) in [7, 11) is 0. The number of alkyl halides is 3. The van der Waals surface area contributed by atoms with Crippen molar-refractivity contribution in [2.45, 2.75) is 47.5 Å². The molecule has 0 saturated heterocycles. The first-order chi connectivity index (χ1) is 7.95. The van der Waals surface area contributed by atoms with Gasteiger partial charge in [0.2, 0.25) is 0 Å². The number of hydrogen-bond acceptors (Lipinski definition) is 3. The quantitative estimate of drug-likeness (QED) is 0.315. The van der Waals surface area contributed by atoms with Gasteiger partial charge in [-0.2, -0.15) is 0 Å². The average molecular weight is 441 g/mol. The highest BCUT2D eigenvalue weighted by Crippen LogP contribution is 2.38. The maximum Gasteiger partial charge on any atom is 0.178 e. The van der Waals surface area contributed by atoms with Gasteiger partial charge in [-0.05, 0) is 25.7 Å². The third-order valence-electron chi connectivity index (χ3n) is 2.07. The molecule has 0 spiro atoms. The monoisotopic (exact) mass is 438 g/mol. The van der Waals surface area contributed by atoms with E-state index in [9.17, 15) is 5.11 Å². The Kier molecular flexibility index (Phi) is 12.0. The Morgan fingerprint density at radius 1 is 1.12 bits per heavy atom. The largest absolute Gasteiger partial charge is 0.376 e. The number of halogens is 3. The normalized spacial score (nSPS) is 13.9. The lowest BCUT2D eigenvalue weighted by atomic mass is 10.3. The number of ether oxygens (including phenoxy) is 2. The topological polar surface area (TPSA) is 38.7 Å². The molecule has 0 aliphatic heterocycles. The summed E-state index contributed by atoms with van der Waals surface area (Å²) in [4.78, 5) is 0. The first kappa shape index (κ1) is 18.3. The number of unbranched alkanes of at least 4 members (excludes halogenated alkanes) is 2. The summed E-state index contributed by atoms with van der Waals surface area (Å²) in [5, 5.41) is 9.43. The van der Waals surface area contributed by atoms with Crippen LogP contribution in [0.5, 0.6) is 0 Å². The van der Waals surface area contributed by atoms with Gasteiger partial charge in [-0.3, -0.25) is 0 Å². The second kappa shape index (κ2) is 11.2. The summed E-state index contributed by atoms with van der Waals surface area (Å²) < 4.78 is 10.3. The van der Waals surface area contributed by atoms with E-state index >= 15 is 0 Å². The van der Waals surface area contributed by atoms with Crippen LogP contribution in [-0.2, 0) is 9.47 Å². The molecule has 3 nitrogen and oxygen atoms in total. The molecule has 0 radical (unpaired) electrons. The van der Waals surface area contributed by atoms with Crippen LogP contribution in [0.4, 0.5) is 0 Å². The maximum absolute atomic E-state index is 9.43. The zero-order chi connectivity index (χ0) is 13.1. The van der Waals surface area contributed by atoms with Crippen LogP contribution in [0.1, 0.15) is 39.0 Å². The van der Waals surface area contributed by atoms with Crippen LogP contribution in [0.2, 0.25) is 0 Å². The van der Waals surface area contributed by atoms with Crippen LogP contribution in [-0.4, -0.2) is 33.4 Å². The van der Waals surface area contributed by atoms with Crippen molar-refractivity contribution in [1.29, 1.82) is 0 Å². The first-order valence-electron chi connectivity index (χ1n) is 5.90. The summed E-state index contributed by atoms with van der Waals surface area (Å²) in [6.45, 7) is 3.62. The van der Waals surface area contributed by atoms with E-state index in [0.717, 1.165) is 32.1 Å². The lowest BCUT2D eigenvalue weighted by molar-refractivity contribution is -0.138. The predicted octanol–water partition coefficient (Wildman–Crippen LogP) is 4.15. The molecule has 0 aromatic carbocycles. The van der Waals surface area contributed by atoms with Crippen LogP contribution in [0.25, 0.3) is 0 Å². The third-order valence-corrected chi connectivity index (χ3v) is 3.26. The molecule has 0 rings (SSSR count). The predicted molar refractivity (Wildman–Crippen MR) is 81.0 cm³/mol. The summed E-state index contributed by atoms with van der Waals surface area (Å²) in [6, 6.07) is 0. The summed E-state index contributed by atoms with van der Waals surface area (Å²) in [5.74, 6) is 0. The molecule has 6 heteroatoms. The van der Waals surface area contributed by atoms with Gasteiger partial charge >= 0.3 is 0 Å². The Morgan fingerprint density at radius 3 is 2.41 bits per heavy atom. The van der Waals surface area contributed by atoms with Crippen molar-refractivity contribution in [1.82, 2.24) is 0 Å². The van der Waals surface area contributed by atoms with Gasteiger partial charge in [-0.25, -0.2) is 0 Å². The molecular weight excluding hydrogens is 420 g/mol. The van der Waals surface area contributed by atoms with Crippen LogP contribution >= 0.6 is 47.8 Å². The van der Waals surface area contributed by atoms with Crippen molar-refractivity contribution < 1.29 is 14.6 Å². The Hall–Kier alpha value is 1.32. The Morgan fingerprint density at radius 2 is 1.82 bits per heavy atom. The lowest BCUT2D eigenvalue weighted by Gasteiger charge is -2.14. The van der Waals surface area contributed by atoms with Gasteiger partial charge in [0.05, 0.1) is 6.61 Å². The van der Waals surface area contributed by atoms with E-state index in [1.54, 1.807) is 0 Å². The van der Waals surface area contributed by atoms with Gasteiger partial charge in [0, 0.05) is 13.2 Å². The molecule has 0 aliphatic carbocycles. The standard InChI is InChI=1S/C11H21Br3O3/c1-2-3-7-16-9-10(15)17-8-5-4-6-11(12,13)14/h10,15H,2-9H2,1H3. The zero-order valence-electron chi connectivity index (χ0n) is 10.1. The minimum Gasteiger partial charge on any atom is -0.376 e. The second-order valence-corrected chi connectivity index (χ2v) is 11.1. The van der Waals surface area contributed by atoms with Gasteiger partial charge in [0.1, 0.15) is 2.14 Å². The lowest BCUT2D eigenvalue weighted by Crippen LogP contribution is -2.20. The molecule has 0 aliphatic rings. The number of hydrogen-bond donors (Lipinski definition) is 1. The van der Waals surface area contributed by atoms with E-state index in [-0.39, 0.29) is 8.75 Å². The maximum atomic E-state index is 9.43. The Bertz CT molecular complexity index is 174. The highest BCUT2D eigenvalue weighted by atomic mass is 80.0. The van der Waals surface area contributed by atoms with Crippen molar-refractivity contribution in [2.75, 3.05) is 19.8 Å². The molecule has 0 saturated carbocycles. The zero-order valence-corrected chi connectivity index (χ0v) is 14.9. The minimum absolute atomic E-state index is 0.172. The first-order valence-corrected chi connectivity index (χ1v) is 8.27. The van der Waals surface area contributed by atoms with E-state index in [1.807, 2.05) is 0 Å². The van der Waals surface area contributed by atoms with Crippen LogP contribution in [0.15, 0.2) is 0 Å². The summed E-state index contributed by atoms with van der Waals surface area (Å²) >= 11 is 10.3. The third kappa shape index (κ3) is 15.3. The molecule has 1 unspecified atom stereocenters. The molecule has 1 atom stereocenters. The van der Waals surface area contributed by atoms with Crippen molar-refractivity contribution in [2.24, 2.45) is 0 Å². The van der Waals surface area contributed by atoms with Crippen molar-refractivity contribution in [3.05, 3.63) is 0 Å². The molecule has 0 bridgehead atoms. The van der Waals surface area contributed by atoms with E-state index in [1.165, 1.54) is 0 Å². The molecule has 0 amide bonds. The fraction of sp³-hybridized carbons (Fsp3) is 1.00. The molecule has 104 valence electrons. The molecule has 0 aromatic rings. The van der Waals surface area contributed by atoms with Crippen LogP contribution in [0.3, 0.4) is 0 Å². The van der Waals surface area contributed by atoms with Gasteiger partial charge in [0.15, 0.2) is 6.29 Å². The van der Waals surface area contributed by atoms with E-state index < -0.39 is 6.29 Å². The molecule has 0 aromatic heterocycles. The highest BCUT2D eigenvalue weighted by molar-refractivity contribution is 9.39. The van der Waals surface area contributed by atoms with Crippen LogP contribution in [0, 0.1) is 0 Å². The van der Waals surface area contributed by atoms with Gasteiger partial charge in [0.25, 0.3) is 0 Å². The summed E-state index contributed by atoms with van der Waals surface area (Å²) in [5.41, 5.74) is 0. The smallest absolute Gasteiger partial charge is 0.178 e. The highest BCUT2D eigenvalue weighted by Gasteiger charge is 2.16. The fourth-order valence-electron chi connectivity index (χ4n) is 1.13. The average Bonchev–Trinajstić information content (AvgIpc) is 2.22. The number of aliphatic hydroxyl groups is 1. The Balaban J connectivity index is 3.24. The molecule has 17 heavy (non-hydrogen) atoms. The number of rotatable bonds is 10. The van der Waals surface area contributed by atoms with E-state index in [4.69, 9.17) is 9.47 Å². The molecular formula is C11H21Br3O3. The molecule has 1 N–H and O–H groups in total. The summed E-state index contributed by atoms with van der Waals surface area (Å²) in [6.07, 6.45) is 4.19. The van der Waals surface area contributed by atoms with Gasteiger partial charge < -0.3 is 14.6 Å². The van der Waals surface area contributed by atoms with Crippen molar-refractivity contribution >= 4 is 47.8 Å². The second-order valence-electron chi connectivity index (χ2n) is 3.83. The molecule has 0 fully saturated rings. The van der Waals surface area contributed by atoms with E-state index in [0.29, 0.717) is 13.2 Å². The van der Waals surface area contributed by atoms with Gasteiger partial charge in [-0.1, -0.05) is 61.1 Å². The van der Waals surface area contributed by atoms with Crippen LogP contribution < -0.4 is 0 Å². The van der Waals surface area contributed by atoms with Crippen molar-refractivity contribution in [3.63, 3.8) is 0 Å².